The number of nitrogens with zero attached hydrogens (tertiary/aromatic N) is 1. The van der Waals surface area contributed by atoms with E-state index in [4.69, 9.17) is 0 Å². The average Bonchev–Trinajstić information content (AvgIpc) is 2.93. The number of aromatic nitrogens is 2. The molecule has 0 aliphatic carbocycles. The van der Waals surface area contributed by atoms with E-state index in [0.717, 1.165) is 0 Å². The van der Waals surface area contributed by atoms with Gasteiger partial charge in [0, 0.05) is 0 Å². The van der Waals surface area contributed by atoms with E-state index in [1.807, 2.05) is 0 Å². The fourth-order valence-corrected chi connectivity index (χ4v) is 2.44. The zero-order chi connectivity index (χ0) is 13.9. The third-order valence-corrected chi connectivity index (χ3v) is 3.64. The highest BCUT2D eigenvalue weighted by molar-refractivity contribution is 7.92. The molecule has 2 rings (SSSR count). The molecule has 0 atom stereocenters. The zero-order valence-electron chi connectivity index (χ0n) is 9.95. The Bertz CT molecular complexity index is 680. The van der Waals surface area contributed by atoms with Crippen LogP contribution in [-0.4, -0.2) is 31.7 Å². The van der Waals surface area contributed by atoms with E-state index in [-0.39, 0.29) is 16.3 Å². The van der Waals surface area contributed by atoms with Crippen LogP contribution in [0.25, 0.3) is 0 Å². The molecule has 19 heavy (non-hydrogen) atoms. The normalized spacial score (nSPS) is 11.0. The number of hydrogen-bond donors (Lipinski definition) is 2. The molecule has 1 heterocycles. The van der Waals surface area contributed by atoms with Crippen LogP contribution in [0.5, 0.6) is 0 Å². The summed E-state index contributed by atoms with van der Waals surface area (Å²) in [5, 5.41) is 5.82. The van der Waals surface area contributed by atoms with Crippen LogP contribution < -0.4 is 4.72 Å². The molecule has 8 heteroatoms. The SMILES string of the molecule is COC(=O)c1ccccc1NS(=O)(=O)c1ccn[nH]1. The first kappa shape index (κ1) is 13.1. The summed E-state index contributed by atoms with van der Waals surface area (Å²) in [5.74, 6) is -0.622. The molecule has 0 aliphatic rings. The lowest BCUT2D eigenvalue weighted by Crippen LogP contribution is -2.16. The van der Waals surface area contributed by atoms with Crippen LogP contribution in [0.3, 0.4) is 0 Å². The van der Waals surface area contributed by atoms with Crippen LogP contribution in [0.1, 0.15) is 10.4 Å². The molecule has 1 aromatic carbocycles. The average molecular weight is 281 g/mol. The molecule has 7 nitrogen and oxygen atoms in total. The minimum atomic E-state index is -3.81. The maximum atomic E-state index is 12.0. The van der Waals surface area contributed by atoms with Crippen LogP contribution in [0.15, 0.2) is 41.6 Å². The van der Waals surface area contributed by atoms with Crippen LogP contribution in [0.2, 0.25) is 0 Å². The van der Waals surface area contributed by atoms with Gasteiger partial charge in [0.05, 0.1) is 24.6 Å². The first-order valence-corrected chi connectivity index (χ1v) is 6.72. The van der Waals surface area contributed by atoms with E-state index in [9.17, 15) is 13.2 Å². The van der Waals surface area contributed by atoms with Crippen molar-refractivity contribution in [1.29, 1.82) is 0 Å². The Hall–Kier alpha value is -2.35. The molecule has 0 bridgehead atoms. The van der Waals surface area contributed by atoms with Crippen molar-refractivity contribution in [3.63, 3.8) is 0 Å². The number of aromatic amines is 1. The second kappa shape index (κ2) is 5.11. The highest BCUT2D eigenvalue weighted by Gasteiger charge is 2.19. The number of ether oxygens (including phenoxy) is 1. The van der Waals surface area contributed by atoms with E-state index < -0.39 is 16.0 Å². The number of sulfonamides is 1. The number of hydrogen-bond acceptors (Lipinski definition) is 5. The Morgan fingerprint density at radius 2 is 2.05 bits per heavy atom. The lowest BCUT2D eigenvalue weighted by atomic mass is 10.2. The highest BCUT2D eigenvalue weighted by atomic mass is 32.2. The maximum Gasteiger partial charge on any atom is 0.339 e. The topological polar surface area (TPSA) is 101 Å². The van der Waals surface area contributed by atoms with Gasteiger partial charge < -0.3 is 4.74 Å². The molecule has 1 aromatic heterocycles. The molecular formula is C11H11N3O4S. The van der Waals surface area contributed by atoms with Crippen molar-refractivity contribution >= 4 is 21.7 Å². The minimum Gasteiger partial charge on any atom is -0.465 e. The summed E-state index contributed by atoms with van der Waals surface area (Å²) in [5.41, 5.74) is 0.275. The number of esters is 1. The summed E-state index contributed by atoms with van der Waals surface area (Å²) >= 11 is 0. The third-order valence-electron chi connectivity index (χ3n) is 2.34. The summed E-state index contributed by atoms with van der Waals surface area (Å²) in [6.07, 6.45) is 1.32. The second-order valence-corrected chi connectivity index (χ2v) is 5.21. The molecular weight excluding hydrogens is 270 g/mol. The smallest absolute Gasteiger partial charge is 0.339 e. The van der Waals surface area contributed by atoms with Gasteiger partial charge in [0.1, 0.15) is 0 Å². The van der Waals surface area contributed by atoms with Gasteiger partial charge in [-0.05, 0) is 18.2 Å². The number of carbonyl (C=O) groups is 1. The van der Waals surface area contributed by atoms with Crippen molar-refractivity contribution in [2.24, 2.45) is 0 Å². The van der Waals surface area contributed by atoms with Gasteiger partial charge in [-0.25, -0.2) is 4.79 Å². The van der Waals surface area contributed by atoms with Gasteiger partial charge in [0.15, 0.2) is 5.03 Å². The monoisotopic (exact) mass is 281 g/mol. The molecule has 0 radical (unpaired) electrons. The van der Waals surface area contributed by atoms with Crippen LogP contribution in [-0.2, 0) is 14.8 Å². The standard InChI is InChI=1S/C11H11N3O4S/c1-18-11(15)8-4-2-3-5-9(8)14-19(16,17)10-6-7-12-13-10/h2-7,14H,1H3,(H,12,13). The molecule has 0 amide bonds. The lowest BCUT2D eigenvalue weighted by Gasteiger charge is -2.09. The number of anilines is 1. The third kappa shape index (κ3) is 2.74. The van der Waals surface area contributed by atoms with Crippen LogP contribution >= 0.6 is 0 Å². The number of rotatable bonds is 4. The molecule has 2 N–H and O–H groups in total. The lowest BCUT2D eigenvalue weighted by molar-refractivity contribution is 0.0602. The number of benzene rings is 1. The first-order chi connectivity index (χ1) is 9.04. The fraction of sp³-hybridized carbons (Fsp3) is 0.0909. The number of carbonyl (C=O) groups excluding carboxylic acids is 1. The van der Waals surface area contributed by atoms with E-state index in [1.165, 1.54) is 31.5 Å². The largest absolute Gasteiger partial charge is 0.465 e. The van der Waals surface area contributed by atoms with E-state index in [1.54, 1.807) is 12.1 Å². The summed E-state index contributed by atoms with van der Waals surface area (Å²) in [7, 11) is -2.59. The quantitative estimate of drug-likeness (QED) is 0.814. The zero-order valence-corrected chi connectivity index (χ0v) is 10.8. The van der Waals surface area contributed by atoms with Crippen LogP contribution in [0, 0.1) is 0 Å². The van der Waals surface area contributed by atoms with Gasteiger partial charge >= 0.3 is 5.97 Å². The number of methoxy groups -OCH3 is 1. The second-order valence-electron chi connectivity index (χ2n) is 3.56. The molecule has 0 fully saturated rings. The van der Waals surface area contributed by atoms with Crippen molar-refractivity contribution in [3.8, 4) is 0 Å². The van der Waals surface area contributed by atoms with Gasteiger partial charge in [-0.2, -0.15) is 13.5 Å². The van der Waals surface area contributed by atoms with E-state index in [2.05, 4.69) is 19.7 Å². The van der Waals surface area contributed by atoms with Crippen molar-refractivity contribution in [1.82, 2.24) is 10.2 Å². The summed E-state index contributed by atoms with van der Waals surface area (Å²) in [4.78, 5) is 11.5. The van der Waals surface area contributed by atoms with Crippen molar-refractivity contribution in [2.45, 2.75) is 5.03 Å². The Morgan fingerprint density at radius 1 is 1.32 bits per heavy atom. The van der Waals surface area contributed by atoms with Crippen molar-refractivity contribution in [2.75, 3.05) is 11.8 Å². The summed E-state index contributed by atoms with van der Waals surface area (Å²) < 4.78 is 30.9. The summed E-state index contributed by atoms with van der Waals surface area (Å²) in [6.45, 7) is 0. The predicted molar refractivity (Wildman–Crippen MR) is 67.2 cm³/mol. The van der Waals surface area contributed by atoms with E-state index >= 15 is 0 Å². The number of H-pyrrole nitrogens is 1. The minimum absolute atomic E-state index is 0.0906. The Morgan fingerprint density at radius 3 is 2.68 bits per heavy atom. The Labute approximate surface area is 109 Å². The van der Waals surface area contributed by atoms with Crippen molar-refractivity contribution < 1.29 is 17.9 Å². The predicted octanol–water partition coefficient (Wildman–Crippen LogP) is 0.997. The van der Waals surface area contributed by atoms with Gasteiger partial charge in [0.25, 0.3) is 10.0 Å². The first-order valence-electron chi connectivity index (χ1n) is 5.24. The maximum absolute atomic E-state index is 12.0. The molecule has 0 unspecified atom stereocenters. The van der Waals surface area contributed by atoms with Gasteiger partial charge in [-0.15, -0.1) is 0 Å². The number of para-hydroxylation sites is 1. The fourth-order valence-electron chi connectivity index (χ4n) is 1.45. The Balaban J connectivity index is 2.37. The van der Waals surface area contributed by atoms with E-state index in [0.29, 0.717) is 0 Å². The summed E-state index contributed by atoms with van der Waals surface area (Å²) in [6, 6.07) is 7.47. The number of nitrogens with one attached hydrogen (secondary N) is 2. The molecule has 0 aliphatic heterocycles. The molecule has 0 saturated heterocycles. The van der Waals surface area contributed by atoms with Crippen molar-refractivity contribution in [3.05, 3.63) is 42.1 Å². The molecule has 2 aromatic rings. The van der Waals surface area contributed by atoms with Gasteiger partial charge in [-0.1, -0.05) is 12.1 Å². The molecule has 0 saturated carbocycles. The molecule has 0 spiro atoms. The molecule has 100 valence electrons. The Kier molecular flexibility index (Phi) is 3.52. The highest BCUT2D eigenvalue weighted by Crippen LogP contribution is 2.19. The van der Waals surface area contributed by atoms with Crippen LogP contribution in [0.4, 0.5) is 5.69 Å². The van der Waals surface area contributed by atoms with Gasteiger partial charge in [0.2, 0.25) is 0 Å². The van der Waals surface area contributed by atoms with Gasteiger partial charge in [-0.3, -0.25) is 9.82 Å².